The van der Waals surface area contributed by atoms with E-state index in [2.05, 4.69) is 4.98 Å². The Balaban J connectivity index is 1.73. The number of rotatable bonds is 5. The number of nitrogens with one attached hydrogen (secondary N) is 1. The molecule has 212 valence electrons. The molecule has 5 aromatic rings. The number of aromatic amines is 1. The van der Waals surface area contributed by atoms with Gasteiger partial charge in [-0.25, -0.2) is 9.97 Å². The SMILES string of the molecule is COc1c2nc(cc3ccc(cc4nc(cc5c(-c6ccccc6)c(OC)c1n5OC)C=C4)[nH]3)C(O)=C2c1ccccc1. The van der Waals surface area contributed by atoms with Gasteiger partial charge in [-0.05, 0) is 53.6 Å². The maximum absolute atomic E-state index is 11.7. The monoisotopic (exact) mass is 568 g/mol. The van der Waals surface area contributed by atoms with Crippen LogP contribution in [0, 0.1) is 0 Å². The summed E-state index contributed by atoms with van der Waals surface area (Å²) in [5.74, 6) is 0.930. The molecule has 0 saturated carbocycles. The van der Waals surface area contributed by atoms with Crippen LogP contribution in [-0.4, -0.2) is 46.1 Å². The van der Waals surface area contributed by atoms with Crippen LogP contribution < -0.4 is 14.3 Å². The molecule has 7 rings (SSSR count). The fourth-order valence-corrected chi connectivity index (χ4v) is 5.67. The Hall–Kier alpha value is -5.76. The Morgan fingerprint density at radius 2 is 1.33 bits per heavy atom. The molecular formula is C35H28N4O4. The maximum Gasteiger partial charge on any atom is 0.176 e. The number of H-pyrrole nitrogens is 1. The number of aromatic nitrogens is 4. The van der Waals surface area contributed by atoms with Gasteiger partial charge in [0.05, 0.1) is 42.3 Å². The Kier molecular flexibility index (Phi) is 6.43. The highest BCUT2D eigenvalue weighted by Crippen LogP contribution is 2.47. The van der Waals surface area contributed by atoms with E-state index in [0.717, 1.165) is 39.1 Å². The van der Waals surface area contributed by atoms with E-state index < -0.39 is 0 Å². The predicted octanol–water partition coefficient (Wildman–Crippen LogP) is 7.18. The van der Waals surface area contributed by atoms with Crippen molar-refractivity contribution >= 4 is 45.6 Å². The third kappa shape index (κ3) is 4.40. The molecule has 0 saturated heterocycles. The lowest BCUT2D eigenvalue weighted by atomic mass is 10.0. The fourth-order valence-electron chi connectivity index (χ4n) is 5.67. The van der Waals surface area contributed by atoms with Crippen molar-refractivity contribution in [3.8, 4) is 22.6 Å². The van der Waals surface area contributed by atoms with Crippen molar-refractivity contribution in [2.45, 2.75) is 0 Å². The number of ether oxygens (including phenoxy) is 2. The average molecular weight is 569 g/mol. The van der Waals surface area contributed by atoms with Crippen LogP contribution >= 0.6 is 0 Å². The van der Waals surface area contributed by atoms with E-state index in [0.29, 0.717) is 39.5 Å². The summed E-state index contributed by atoms with van der Waals surface area (Å²) >= 11 is 0. The molecule has 43 heavy (non-hydrogen) atoms. The predicted molar refractivity (Wildman–Crippen MR) is 170 cm³/mol. The van der Waals surface area contributed by atoms with Gasteiger partial charge in [-0.3, -0.25) is 0 Å². The zero-order valence-corrected chi connectivity index (χ0v) is 23.8. The minimum atomic E-state index is 0.0340. The minimum absolute atomic E-state index is 0.0340. The first-order chi connectivity index (χ1) is 21.1. The number of benzene rings is 2. The van der Waals surface area contributed by atoms with Crippen LogP contribution in [-0.2, 0) is 0 Å². The van der Waals surface area contributed by atoms with Gasteiger partial charge < -0.3 is 24.4 Å². The normalized spacial score (nSPS) is 12.4. The van der Waals surface area contributed by atoms with Crippen molar-refractivity contribution in [3.63, 3.8) is 0 Å². The number of aliphatic hydroxyl groups excluding tert-OH is 1. The van der Waals surface area contributed by atoms with Crippen molar-refractivity contribution in [1.82, 2.24) is 19.7 Å². The molecule has 8 heteroatoms. The average Bonchev–Trinajstić information content (AvgIpc) is 3.81. The molecule has 0 amide bonds. The van der Waals surface area contributed by atoms with E-state index in [1.165, 1.54) is 0 Å². The van der Waals surface area contributed by atoms with E-state index in [-0.39, 0.29) is 5.76 Å². The number of hydrogen-bond donors (Lipinski definition) is 2. The van der Waals surface area contributed by atoms with Gasteiger partial charge in [-0.15, -0.1) is 0 Å². The van der Waals surface area contributed by atoms with Gasteiger partial charge in [0, 0.05) is 11.0 Å². The molecule has 0 unspecified atom stereocenters. The lowest BCUT2D eigenvalue weighted by Gasteiger charge is -2.11. The van der Waals surface area contributed by atoms with Crippen LogP contribution in [0.3, 0.4) is 0 Å². The molecule has 0 fully saturated rings. The molecular weight excluding hydrogens is 540 g/mol. The van der Waals surface area contributed by atoms with Crippen LogP contribution in [0.2, 0.25) is 0 Å². The molecule has 0 radical (unpaired) electrons. The number of methoxy groups -OCH3 is 2. The van der Waals surface area contributed by atoms with Crippen LogP contribution in [0.1, 0.15) is 28.3 Å². The van der Waals surface area contributed by atoms with Crippen molar-refractivity contribution in [3.05, 3.63) is 119 Å². The zero-order chi connectivity index (χ0) is 29.5. The molecule has 2 N–H and O–H groups in total. The largest absolute Gasteiger partial charge is 0.505 e. The summed E-state index contributed by atoms with van der Waals surface area (Å²) in [6.45, 7) is 0. The van der Waals surface area contributed by atoms with Gasteiger partial charge >= 0.3 is 0 Å². The molecule has 8 nitrogen and oxygen atoms in total. The molecule has 2 aliphatic rings. The molecule has 8 bridgehead atoms. The molecule has 2 aliphatic heterocycles. The Labute approximate surface area is 247 Å². The van der Waals surface area contributed by atoms with Crippen molar-refractivity contribution in [1.29, 1.82) is 0 Å². The standard InChI is InChI=1S/C35H28N4O4/c1-41-34-29(21-10-6-4-7-11-21)28-20-26-17-15-24(37-26)18-23-14-16-25(36-23)19-27-33(40)30(22-12-8-5-9-13-22)31(38-27)35(42-2)32(34)39(28)43-3/h4-20,36,40H,1-3H3. The molecule has 5 heterocycles. The number of hydrogen-bond acceptors (Lipinski definition) is 6. The fraction of sp³-hybridized carbons (Fsp3) is 0.0857. The summed E-state index contributed by atoms with van der Waals surface area (Å²) in [7, 11) is 4.79. The number of nitrogens with zero attached hydrogens (tertiary/aromatic N) is 3. The van der Waals surface area contributed by atoms with Crippen LogP contribution in [0.25, 0.3) is 56.7 Å². The van der Waals surface area contributed by atoms with Gasteiger partial charge in [-0.1, -0.05) is 60.7 Å². The van der Waals surface area contributed by atoms with E-state index in [1.807, 2.05) is 103 Å². The molecule has 2 aromatic carbocycles. The van der Waals surface area contributed by atoms with Crippen LogP contribution in [0.4, 0.5) is 0 Å². The quantitative estimate of drug-likeness (QED) is 0.229. The summed E-state index contributed by atoms with van der Waals surface area (Å²) in [6, 6.07) is 29.2. The highest BCUT2D eigenvalue weighted by molar-refractivity contribution is 6.03. The van der Waals surface area contributed by atoms with Gasteiger partial charge in [0.15, 0.2) is 22.8 Å². The first-order valence-electron chi connectivity index (χ1n) is 13.8. The first-order valence-corrected chi connectivity index (χ1v) is 13.8. The van der Waals surface area contributed by atoms with Gasteiger partial charge in [0.25, 0.3) is 0 Å². The Morgan fingerprint density at radius 1 is 0.698 bits per heavy atom. The second-order valence-electron chi connectivity index (χ2n) is 10.1. The first kappa shape index (κ1) is 26.2. The summed E-state index contributed by atoms with van der Waals surface area (Å²) in [5, 5.41) is 11.7. The topological polar surface area (TPSA) is 94.4 Å². The Morgan fingerprint density at radius 3 is 1.98 bits per heavy atom. The molecule has 0 aliphatic carbocycles. The van der Waals surface area contributed by atoms with Crippen LogP contribution in [0.15, 0.2) is 91.0 Å². The van der Waals surface area contributed by atoms with E-state index in [9.17, 15) is 5.11 Å². The van der Waals surface area contributed by atoms with Gasteiger partial charge in [0.1, 0.15) is 18.5 Å². The van der Waals surface area contributed by atoms with E-state index >= 15 is 0 Å². The van der Waals surface area contributed by atoms with E-state index in [1.54, 1.807) is 26.1 Å². The lowest BCUT2D eigenvalue weighted by molar-refractivity contribution is 0.187. The summed E-state index contributed by atoms with van der Waals surface area (Å²) in [5.41, 5.74) is 8.27. The third-order valence-electron chi connectivity index (χ3n) is 7.51. The summed E-state index contributed by atoms with van der Waals surface area (Å²) in [4.78, 5) is 19.2. The van der Waals surface area contributed by atoms with E-state index in [4.69, 9.17) is 24.3 Å². The second-order valence-corrected chi connectivity index (χ2v) is 10.1. The van der Waals surface area contributed by atoms with Gasteiger partial charge in [0.2, 0.25) is 0 Å². The van der Waals surface area contributed by atoms with Crippen molar-refractivity contribution < 1.29 is 19.4 Å². The summed E-state index contributed by atoms with van der Waals surface area (Å²) < 4.78 is 13.9. The second kappa shape index (κ2) is 10.6. The number of aliphatic hydroxyl groups is 1. The maximum atomic E-state index is 11.7. The lowest BCUT2D eigenvalue weighted by Crippen LogP contribution is -2.06. The molecule has 0 spiro atoms. The summed E-state index contributed by atoms with van der Waals surface area (Å²) in [6.07, 6.45) is 3.93. The number of fused-ring (bicyclic) bond motifs is 8. The van der Waals surface area contributed by atoms with Crippen molar-refractivity contribution in [2.75, 3.05) is 21.3 Å². The molecule has 3 aromatic heterocycles. The highest BCUT2D eigenvalue weighted by atomic mass is 16.6. The smallest absolute Gasteiger partial charge is 0.176 e. The third-order valence-corrected chi connectivity index (χ3v) is 7.51. The van der Waals surface area contributed by atoms with Gasteiger partial charge in [-0.2, -0.15) is 4.73 Å². The highest BCUT2D eigenvalue weighted by Gasteiger charge is 2.30. The Bertz CT molecular complexity index is 2090. The zero-order valence-electron chi connectivity index (χ0n) is 23.8. The van der Waals surface area contributed by atoms with Crippen LogP contribution in [0.5, 0.6) is 11.5 Å². The minimum Gasteiger partial charge on any atom is -0.505 e. The van der Waals surface area contributed by atoms with Crippen molar-refractivity contribution in [2.24, 2.45) is 0 Å². The molecule has 0 atom stereocenters.